The fraction of sp³-hybridized carbons (Fsp3) is 0.273. The first-order valence-electron chi connectivity index (χ1n) is 9.44. The monoisotopic (exact) mass is 411 g/mol. The van der Waals surface area contributed by atoms with Gasteiger partial charge in [-0.25, -0.2) is 4.79 Å². The van der Waals surface area contributed by atoms with Crippen molar-refractivity contribution in [2.24, 2.45) is 7.05 Å². The van der Waals surface area contributed by atoms with Gasteiger partial charge in [-0.2, -0.15) is 0 Å². The maximum atomic E-state index is 12.5. The molecule has 0 bridgehead atoms. The van der Waals surface area contributed by atoms with Gasteiger partial charge in [-0.3, -0.25) is 13.9 Å². The van der Waals surface area contributed by atoms with Gasteiger partial charge < -0.3 is 10.0 Å². The van der Waals surface area contributed by atoms with Crippen molar-refractivity contribution in [3.05, 3.63) is 74.8 Å². The van der Waals surface area contributed by atoms with Crippen LogP contribution < -0.4 is 5.69 Å². The first-order chi connectivity index (χ1) is 13.8. The van der Waals surface area contributed by atoms with E-state index in [1.165, 1.54) is 22.4 Å². The average molecular weight is 412 g/mol. The van der Waals surface area contributed by atoms with E-state index in [1.807, 2.05) is 55.1 Å². The van der Waals surface area contributed by atoms with E-state index in [2.05, 4.69) is 0 Å². The summed E-state index contributed by atoms with van der Waals surface area (Å²) in [5.74, 6) is -0.0446. The number of benzene rings is 2. The summed E-state index contributed by atoms with van der Waals surface area (Å²) in [6.45, 7) is 4.88. The van der Waals surface area contributed by atoms with Crippen LogP contribution in [-0.2, 0) is 20.1 Å². The SMILES string of the molecule is CC(C)N1Cc2c(ccc(-c3ccc(Cn4cc(O)n(C)c4=O)cc3)c2Cl)C1=O. The van der Waals surface area contributed by atoms with Crippen LogP contribution in [0.1, 0.15) is 35.3 Å². The molecule has 2 heterocycles. The largest absolute Gasteiger partial charge is 0.493 e. The molecule has 1 aliphatic rings. The number of amides is 1. The van der Waals surface area contributed by atoms with Crippen molar-refractivity contribution < 1.29 is 9.90 Å². The van der Waals surface area contributed by atoms with Crippen molar-refractivity contribution in [1.29, 1.82) is 0 Å². The fourth-order valence-electron chi connectivity index (χ4n) is 3.68. The standard InChI is InChI=1S/C22H22ClN3O3/c1-13(2)26-11-18-17(21(26)28)9-8-16(20(18)23)15-6-4-14(5-7-15)10-25-12-19(27)24(3)22(25)29/h4-9,12-13,27H,10-11H2,1-3H3. The Morgan fingerprint density at radius 2 is 1.72 bits per heavy atom. The van der Waals surface area contributed by atoms with E-state index in [-0.39, 0.29) is 23.5 Å². The van der Waals surface area contributed by atoms with E-state index in [4.69, 9.17) is 11.6 Å². The summed E-state index contributed by atoms with van der Waals surface area (Å²) in [7, 11) is 1.53. The third-order valence-corrected chi connectivity index (χ3v) is 5.88. The van der Waals surface area contributed by atoms with Crippen LogP contribution in [-0.4, -0.2) is 31.1 Å². The van der Waals surface area contributed by atoms with Crippen LogP contribution >= 0.6 is 11.6 Å². The lowest BCUT2D eigenvalue weighted by Crippen LogP contribution is -2.30. The Hall–Kier alpha value is -2.99. The Morgan fingerprint density at radius 3 is 2.31 bits per heavy atom. The lowest BCUT2D eigenvalue weighted by molar-refractivity contribution is 0.0730. The smallest absolute Gasteiger partial charge is 0.331 e. The molecule has 0 radical (unpaired) electrons. The molecule has 1 aromatic heterocycles. The number of aromatic hydroxyl groups is 1. The number of fused-ring (bicyclic) bond motifs is 1. The fourth-order valence-corrected chi connectivity index (χ4v) is 4.02. The second-order valence-corrected chi connectivity index (χ2v) is 8.01. The first kappa shape index (κ1) is 19.3. The summed E-state index contributed by atoms with van der Waals surface area (Å²) in [5.41, 5.74) is 4.03. The molecule has 0 saturated carbocycles. The minimum Gasteiger partial charge on any atom is -0.493 e. The van der Waals surface area contributed by atoms with Gasteiger partial charge >= 0.3 is 5.69 Å². The van der Waals surface area contributed by atoms with Crippen molar-refractivity contribution in [3.63, 3.8) is 0 Å². The summed E-state index contributed by atoms with van der Waals surface area (Å²) in [5, 5.41) is 10.3. The Morgan fingerprint density at radius 1 is 1.07 bits per heavy atom. The molecular weight excluding hydrogens is 390 g/mol. The summed E-state index contributed by atoms with van der Waals surface area (Å²) in [6.07, 6.45) is 1.42. The Labute approximate surface area is 173 Å². The lowest BCUT2D eigenvalue weighted by atomic mass is 9.99. The van der Waals surface area contributed by atoms with E-state index in [1.54, 1.807) is 0 Å². The third kappa shape index (κ3) is 3.23. The molecule has 3 aromatic rings. The van der Waals surface area contributed by atoms with Crippen LogP contribution in [0.5, 0.6) is 5.88 Å². The molecule has 0 aliphatic carbocycles. The Kier molecular flexibility index (Phi) is 4.74. The number of carbonyl (C=O) groups is 1. The van der Waals surface area contributed by atoms with E-state index in [9.17, 15) is 14.7 Å². The maximum absolute atomic E-state index is 12.5. The molecule has 7 heteroatoms. The third-order valence-electron chi connectivity index (χ3n) is 5.45. The van der Waals surface area contributed by atoms with Gasteiger partial charge in [0.15, 0.2) is 0 Å². The number of imidazole rings is 1. The number of rotatable bonds is 4. The van der Waals surface area contributed by atoms with Crippen molar-refractivity contribution in [1.82, 2.24) is 14.0 Å². The van der Waals surface area contributed by atoms with Gasteiger partial charge in [-0.1, -0.05) is 41.9 Å². The highest BCUT2D eigenvalue weighted by molar-refractivity contribution is 6.35. The molecule has 0 saturated heterocycles. The Bertz CT molecular complexity index is 1160. The van der Waals surface area contributed by atoms with E-state index in [0.717, 1.165) is 22.3 Å². The van der Waals surface area contributed by atoms with Crippen LogP contribution in [0.2, 0.25) is 5.02 Å². The molecule has 0 spiro atoms. The molecular formula is C22H22ClN3O3. The maximum Gasteiger partial charge on any atom is 0.331 e. The summed E-state index contributed by atoms with van der Waals surface area (Å²) in [6, 6.07) is 11.6. The van der Waals surface area contributed by atoms with Gasteiger partial charge in [0.05, 0.1) is 17.8 Å². The lowest BCUT2D eigenvalue weighted by Gasteiger charge is -2.19. The quantitative estimate of drug-likeness (QED) is 0.712. The number of nitrogens with zero attached hydrogens (tertiary/aromatic N) is 3. The number of hydrogen-bond donors (Lipinski definition) is 1. The van der Waals surface area contributed by atoms with E-state index < -0.39 is 0 Å². The molecule has 150 valence electrons. The molecule has 1 amide bonds. The highest BCUT2D eigenvalue weighted by Crippen LogP contribution is 2.37. The number of carbonyl (C=O) groups excluding carboxylic acids is 1. The highest BCUT2D eigenvalue weighted by atomic mass is 35.5. The number of hydrogen-bond acceptors (Lipinski definition) is 3. The topological polar surface area (TPSA) is 67.5 Å². The van der Waals surface area contributed by atoms with Gasteiger partial charge in [-0.15, -0.1) is 0 Å². The van der Waals surface area contributed by atoms with Crippen LogP contribution in [0.25, 0.3) is 11.1 Å². The molecule has 29 heavy (non-hydrogen) atoms. The molecule has 0 atom stereocenters. The number of aromatic nitrogens is 2. The zero-order chi connectivity index (χ0) is 20.9. The predicted octanol–water partition coefficient (Wildman–Crippen LogP) is 3.63. The van der Waals surface area contributed by atoms with Gasteiger partial charge in [-0.05, 0) is 31.0 Å². The van der Waals surface area contributed by atoms with Crippen LogP contribution in [0.3, 0.4) is 0 Å². The molecule has 2 aromatic carbocycles. The summed E-state index contributed by atoms with van der Waals surface area (Å²) >= 11 is 6.68. The highest BCUT2D eigenvalue weighted by Gasteiger charge is 2.31. The minimum atomic E-state index is -0.271. The van der Waals surface area contributed by atoms with Crippen LogP contribution in [0.15, 0.2) is 47.4 Å². The van der Waals surface area contributed by atoms with E-state index >= 15 is 0 Å². The second kappa shape index (κ2) is 7.12. The van der Waals surface area contributed by atoms with Gasteiger partial charge in [0.25, 0.3) is 5.91 Å². The Balaban J connectivity index is 1.62. The average Bonchev–Trinajstić information content (AvgIpc) is 3.16. The minimum absolute atomic E-state index is 0.0235. The zero-order valence-corrected chi connectivity index (χ0v) is 17.3. The number of halogens is 1. The van der Waals surface area contributed by atoms with Gasteiger partial charge in [0, 0.05) is 36.3 Å². The molecule has 1 aliphatic heterocycles. The van der Waals surface area contributed by atoms with Crippen molar-refractivity contribution in [3.8, 4) is 17.0 Å². The van der Waals surface area contributed by atoms with Gasteiger partial charge in [0.2, 0.25) is 5.88 Å². The second-order valence-electron chi connectivity index (χ2n) is 7.63. The molecule has 6 nitrogen and oxygen atoms in total. The normalized spacial score (nSPS) is 13.4. The zero-order valence-electron chi connectivity index (χ0n) is 16.5. The molecule has 0 unspecified atom stereocenters. The van der Waals surface area contributed by atoms with Gasteiger partial charge in [0.1, 0.15) is 0 Å². The molecule has 0 fully saturated rings. The summed E-state index contributed by atoms with van der Waals surface area (Å²) in [4.78, 5) is 26.4. The van der Waals surface area contributed by atoms with Crippen molar-refractivity contribution in [2.75, 3.05) is 0 Å². The van der Waals surface area contributed by atoms with Crippen LogP contribution in [0.4, 0.5) is 0 Å². The predicted molar refractivity (Wildman–Crippen MR) is 112 cm³/mol. The summed E-state index contributed by atoms with van der Waals surface area (Å²) < 4.78 is 2.65. The van der Waals surface area contributed by atoms with E-state index in [0.29, 0.717) is 23.7 Å². The molecule has 4 rings (SSSR count). The first-order valence-corrected chi connectivity index (χ1v) is 9.82. The molecule has 1 N–H and O–H groups in total. The van der Waals surface area contributed by atoms with Crippen molar-refractivity contribution in [2.45, 2.75) is 33.0 Å². The van der Waals surface area contributed by atoms with Crippen LogP contribution in [0, 0.1) is 0 Å². The van der Waals surface area contributed by atoms with Crippen molar-refractivity contribution >= 4 is 17.5 Å².